The Morgan fingerprint density at radius 3 is 1.93 bits per heavy atom. The van der Waals surface area contributed by atoms with E-state index in [0.717, 1.165) is 10.6 Å². The molecule has 0 saturated heterocycles. The maximum atomic E-state index is 13.1. The Balaban J connectivity index is 1.53. The summed E-state index contributed by atoms with van der Waals surface area (Å²) in [5, 5.41) is 4.50. The fraction of sp³-hybridized carbons (Fsp3) is 0.111. The summed E-state index contributed by atoms with van der Waals surface area (Å²) in [6.45, 7) is 4.57. The topological polar surface area (TPSA) is 17.1 Å². The second-order valence-corrected chi connectivity index (χ2v) is 11.3. The monoisotopic (exact) mass is 425 g/mol. The summed E-state index contributed by atoms with van der Waals surface area (Å²) in [5.41, 5.74) is 5.10. The molecule has 0 heterocycles. The first kappa shape index (κ1) is 19.4. The maximum Gasteiger partial charge on any atom is 0.415 e. The molecule has 0 N–H and O–H groups in total. The van der Waals surface area contributed by atoms with Gasteiger partial charge < -0.3 is 0 Å². The Morgan fingerprint density at radius 1 is 0.633 bits per heavy atom. The molecule has 0 spiro atoms. The van der Waals surface area contributed by atoms with Crippen LogP contribution in [-0.2, 0) is 9.98 Å². The lowest BCUT2D eigenvalue weighted by Crippen LogP contribution is -2.18. The standard InChI is InChI=1S/C27H23OP2/c1-27(2)25-17-20(29-19-9-5-3-6-10-19)13-15-23(25)24-16-14-22(18-26(24)27)30(28)21-11-7-4-8-12-21/h3-18,29H,1-2H3/q+1. The Kier molecular flexibility index (Phi) is 4.90. The molecule has 0 amide bonds. The van der Waals surface area contributed by atoms with Gasteiger partial charge >= 0.3 is 7.80 Å². The average molecular weight is 425 g/mol. The molecule has 4 aromatic carbocycles. The van der Waals surface area contributed by atoms with Crippen molar-refractivity contribution in [1.29, 1.82) is 0 Å². The zero-order chi connectivity index (χ0) is 20.7. The number of hydrogen-bond acceptors (Lipinski definition) is 1. The van der Waals surface area contributed by atoms with Gasteiger partial charge in [-0.3, -0.25) is 0 Å². The van der Waals surface area contributed by atoms with E-state index in [4.69, 9.17) is 0 Å². The van der Waals surface area contributed by atoms with Gasteiger partial charge in [0.05, 0.1) is 0 Å². The summed E-state index contributed by atoms with van der Waals surface area (Å²) in [5.74, 6) is 0. The molecule has 3 heteroatoms. The van der Waals surface area contributed by atoms with Crippen LogP contribution in [0, 0.1) is 0 Å². The van der Waals surface area contributed by atoms with Gasteiger partial charge in [0.2, 0.25) is 0 Å². The third kappa shape index (κ3) is 3.33. The molecule has 0 aromatic heterocycles. The van der Waals surface area contributed by atoms with Crippen molar-refractivity contribution >= 4 is 37.6 Å². The zero-order valence-corrected chi connectivity index (χ0v) is 19.0. The van der Waals surface area contributed by atoms with Gasteiger partial charge in [-0.05, 0) is 69.3 Å². The highest BCUT2D eigenvalue weighted by molar-refractivity contribution is 7.61. The molecule has 146 valence electrons. The fourth-order valence-corrected chi connectivity index (χ4v) is 6.60. The minimum atomic E-state index is -1.58. The van der Waals surface area contributed by atoms with E-state index in [-0.39, 0.29) is 5.41 Å². The highest BCUT2D eigenvalue weighted by atomic mass is 31.1. The molecule has 4 aromatic rings. The van der Waals surface area contributed by atoms with Crippen molar-refractivity contribution in [3.63, 3.8) is 0 Å². The number of rotatable bonds is 4. The van der Waals surface area contributed by atoms with Gasteiger partial charge in [-0.1, -0.05) is 87.7 Å². The van der Waals surface area contributed by atoms with E-state index in [2.05, 4.69) is 74.5 Å². The summed E-state index contributed by atoms with van der Waals surface area (Å²) in [6.07, 6.45) is 0. The summed E-state index contributed by atoms with van der Waals surface area (Å²) >= 11 is 0. The normalized spacial score (nSPS) is 14.5. The van der Waals surface area contributed by atoms with E-state index in [1.54, 1.807) is 0 Å². The maximum absolute atomic E-state index is 13.1. The Morgan fingerprint density at radius 2 is 1.23 bits per heavy atom. The number of hydrogen-bond donors (Lipinski definition) is 0. The highest BCUT2D eigenvalue weighted by Crippen LogP contribution is 2.48. The van der Waals surface area contributed by atoms with Crippen LogP contribution in [-0.4, -0.2) is 0 Å². The summed E-state index contributed by atoms with van der Waals surface area (Å²) in [6, 6.07) is 33.7. The quantitative estimate of drug-likeness (QED) is 0.400. The van der Waals surface area contributed by atoms with Crippen LogP contribution >= 0.6 is 16.4 Å². The predicted octanol–water partition coefficient (Wildman–Crippen LogP) is 5.40. The average Bonchev–Trinajstić information content (AvgIpc) is 3.01. The third-order valence-corrected chi connectivity index (χ3v) is 8.68. The smallest absolute Gasteiger partial charge is 0.0622 e. The highest BCUT2D eigenvalue weighted by Gasteiger charge is 2.37. The molecular formula is C27H23OP2+. The molecule has 1 aliphatic rings. The van der Waals surface area contributed by atoms with Crippen molar-refractivity contribution in [3.8, 4) is 11.1 Å². The van der Waals surface area contributed by atoms with Gasteiger partial charge in [0.15, 0.2) is 10.6 Å². The summed E-state index contributed by atoms with van der Waals surface area (Å²) in [7, 11) is -0.932. The minimum absolute atomic E-state index is 0.106. The van der Waals surface area contributed by atoms with Gasteiger partial charge in [-0.25, -0.2) is 0 Å². The Bertz CT molecular complexity index is 1240. The van der Waals surface area contributed by atoms with E-state index in [9.17, 15) is 4.57 Å². The largest absolute Gasteiger partial charge is 0.415 e. The van der Waals surface area contributed by atoms with Crippen LogP contribution in [0.3, 0.4) is 0 Å². The van der Waals surface area contributed by atoms with E-state index in [1.165, 1.54) is 32.9 Å². The Labute approximate surface area is 180 Å². The van der Waals surface area contributed by atoms with Crippen molar-refractivity contribution in [1.82, 2.24) is 0 Å². The van der Waals surface area contributed by atoms with Crippen LogP contribution in [0.2, 0.25) is 0 Å². The van der Waals surface area contributed by atoms with Gasteiger partial charge in [0.1, 0.15) is 0 Å². The van der Waals surface area contributed by atoms with Crippen molar-refractivity contribution in [2.45, 2.75) is 19.3 Å². The summed E-state index contributed by atoms with van der Waals surface area (Å²) in [4.78, 5) is 0. The SMILES string of the molecule is CC1(C)c2cc(Pc3ccccc3)ccc2-c2ccc([P+](=O)c3ccccc3)cc21. The molecule has 0 fully saturated rings. The number of benzene rings is 4. The molecule has 2 unspecified atom stereocenters. The molecule has 0 saturated carbocycles. The second kappa shape index (κ2) is 7.59. The van der Waals surface area contributed by atoms with Crippen LogP contribution in [0.1, 0.15) is 25.0 Å². The predicted molar refractivity (Wildman–Crippen MR) is 131 cm³/mol. The second-order valence-electron chi connectivity index (χ2n) is 8.24. The lowest BCUT2D eigenvalue weighted by atomic mass is 9.82. The summed E-state index contributed by atoms with van der Waals surface area (Å²) < 4.78 is 13.1. The molecule has 30 heavy (non-hydrogen) atoms. The van der Waals surface area contributed by atoms with E-state index >= 15 is 0 Å². The molecule has 0 aliphatic heterocycles. The molecule has 2 atom stereocenters. The van der Waals surface area contributed by atoms with Crippen molar-refractivity contribution < 1.29 is 4.57 Å². The molecular weight excluding hydrogens is 402 g/mol. The van der Waals surface area contributed by atoms with E-state index in [0.29, 0.717) is 8.58 Å². The Hall–Kier alpha value is -2.59. The van der Waals surface area contributed by atoms with Crippen molar-refractivity contribution in [2.24, 2.45) is 0 Å². The first-order valence-electron chi connectivity index (χ1n) is 10.2. The van der Waals surface area contributed by atoms with Crippen LogP contribution < -0.4 is 21.2 Å². The lowest BCUT2D eigenvalue weighted by molar-refractivity contribution is 0.598. The van der Waals surface area contributed by atoms with Crippen LogP contribution in [0.4, 0.5) is 0 Å². The lowest BCUT2D eigenvalue weighted by Gasteiger charge is -2.22. The van der Waals surface area contributed by atoms with Gasteiger partial charge in [0, 0.05) is 5.41 Å². The van der Waals surface area contributed by atoms with Crippen LogP contribution in [0.5, 0.6) is 0 Å². The molecule has 0 radical (unpaired) electrons. The molecule has 1 nitrogen and oxygen atoms in total. The molecule has 1 aliphatic carbocycles. The zero-order valence-electron chi connectivity index (χ0n) is 17.1. The van der Waals surface area contributed by atoms with Crippen molar-refractivity contribution in [3.05, 3.63) is 108 Å². The van der Waals surface area contributed by atoms with Crippen LogP contribution in [0.15, 0.2) is 97.1 Å². The van der Waals surface area contributed by atoms with E-state index < -0.39 is 7.80 Å². The van der Waals surface area contributed by atoms with Gasteiger partial charge in [0.25, 0.3) is 0 Å². The molecule has 5 rings (SSSR count). The number of fused-ring (bicyclic) bond motifs is 3. The van der Waals surface area contributed by atoms with Crippen molar-refractivity contribution in [2.75, 3.05) is 0 Å². The van der Waals surface area contributed by atoms with Crippen LogP contribution in [0.25, 0.3) is 11.1 Å². The fourth-order valence-electron chi connectivity index (χ4n) is 4.33. The first-order chi connectivity index (χ1) is 14.5. The van der Waals surface area contributed by atoms with E-state index in [1.807, 2.05) is 36.4 Å². The molecule has 0 bridgehead atoms. The van der Waals surface area contributed by atoms with Gasteiger partial charge in [-0.15, -0.1) is 0 Å². The minimum Gasteiger partial charge on any atom is -0.0622 e. The first-order valence-corrected chi connectivity index (χ1v) is 12.4. The van der Waals surface area contributed by atoms with Gasteiger partial charge in [-0.2, -0.15) is 0 Å². The third-order valence-electron chi connectivity index (χ3n) is 5.95.